The van der Waals surface area contributed by atoms with E-state index >= 15 is 0 Å². The maximum atomic E-state index is 13.4. The van der Waals surface area contributed by atoms with E-state index in [1.807, 2.05) is 35.4 Å². The van der Waals surface area contributed by atoms with E-state index in [9.17, 15) is 9.18 Å². The van der Waals surface area contributed by atoms with E-state index in [0.29, 0.717) is 13.0 Å². The number of hydrogen-bond acceptors (Lipinski definition) is 2. The molecule has 0 spiro atoms. The smallest absolute Gasteiger partial charge is 0.223 e. The minimum absolute atomic E-state index is 0.189. The van der Waals surface area contributed by atoms with E-state index in [-0.39, 0.29) is 23.7 Å². The number of rotatable bonds is 3. The molecule has 1 saturated heterocycles. The van der Waals surface area contributed by atoms with Crippen molar-refractivity contribution < 1.29 is 9.18 Å². The van der Waals surface area contributed by atoms with Gasteiger partial charge in [0.15, 0.2) is 0 Å². The Bertz CT molecular complexity index is 1090. The maximum Gasteiger partial charge on any atom is 0.223 e. The second-order valence-electron chi connectivity index (χ2n) is 7.70. The molecular formula is C25H21FN2O. The van der Waals surface area contributed by atoms with Gasteiger partial charge in [-0.15, -0.1) is 0 Å². The van der Waals surface area contributed by atoms with Gasteiger partial charge in [-0.3, -0.25) is 9.78 Å². The molecule has 2 aromatic carbocycles. The summed E-state index contributed by atoms with van der Waals surface area (Å²) < 4.78 is 13.4. The Balaban J connectivity index is 1.42. The molecule has 1 fully saturated rings. The quantitative estimate of drug-likeness (QED) is 0.623. The fourth-order valence-electron chi connectivity index (χ4n) is 4.50. The number of carbonyl (C=O) groups excluding carboxylic acids is 1. The number of halogens is 1. The van der Waals surface area contributed by atoms with Gasteiger partial charge < -0.3 is 4.90 Å². The van der Waals surface area contributed by atoms with Crippen LogP contribution < -0.4 is 0 Å². The van der Waals surface area contributed by atoms with E-state index in [2.05, 4.69) is 35.3 Å². The molecule has 0 N–H and O–H groups in total. The highest BCUT2D eigenvalue weighted by Crippen LogP contribution is 2.40. The lowest BCUT2D eigenvalue weighted by atomic mass is 9.83. The molecule has 0 bridgehead atoms. The molecule has 2 atom stereocenters. The van der Waals surface area contributed by atoms with Crippen molar-refractivity contribution in [1.29, 1.82) is 0 Å². The highest BCUT2D eigenvalue weighted by molar-refractivity contribution is 5.79. The number of nitrogens with zero attached hydrogens (tertiary/aromatic N) is 2. The van der Waals surface area contributed by atoms with Crippen LogP contribution >= 0.6 is 0 Å². The van der Waals surface area contributed by atoms with Crippen LogP contribution in [0.4, 0.5) is 4.39 Å². The minimum atomic E-state index is -0.264. The first-order valence-corrected chi connectivity index (χ1v) is 9.96. The third-order valence-corrected chi connectivity index (χ3v) is 5.95. The van der Waals surface area contributed by atoms with Crippen molar-refractivity contribution in [3.05, 3.63) is 95.4 Å². The molecule has 1 amide bonds. The van der Waals surface area contributed by atoms with Crippen molar-refractivity contribution in [2.75, 3.05) is 0 Å². The van der Waals surface area contributed by atoms with Crippen molar-refractivity contribution in [2.24, 2.45) is 0 Å². The molecule has 0 saturated carbocycles. The highest BCUT2D eigenvalue weighted by atomic mass is 19.1. The predicted octanol–water partition coefficient (Wildman–Crippen LogP) is 5.19. The molecule has 1 aromatic heterocycles. The summed E-state index contributed by atoms with van der Waals surface area (Å²) in [5.41, 5.74) is 5.04. The van der Waals surface area contributed by atoms with Gasteiger partial charge in [0, 0.05) is 36.7 Å². The van der Waals surface area contributed by atoms with Gasteiger partial charge in [0.1, 0.15) is 5.82 Å². The Morgan fingerprint density at radius 1 is 1.07 bits per heavy atom. The third kappa shape index (κ3) is 3.35. The zero-order valence-electron chi connectivity index (χ0n) is 16.0. The van der Waals surface area contributed by atoms with E-state index in [1.165, 1.54) is 23.3 Å². The molecule has 3 nitrogen and oxygen atoms in total. The van der Waals surface area contributed by atoms with Gasteiger partial charge in [-0.1, -0.05) is 54.6 Å². The average molecular weight is 384 g/mol. The first kappa shape index (κ1) is 17.8. The molecule has 5 rings (SSSR count). The minimum Gasteiger partial charge on any atom is -0.334 e. The van der Waals surface area contributed by atoms with Crippen LogP contribution in [-0.2, 0) is 11.3 Å². The zero-order valence-corrected chi connectivity index (χ0v) is 16.0. The summed E-state index contributed by atoms with van der Waals surface area (Å²) in [6.07, 6.45) is 7.62. The number of benzene rings is 2. The van der Waals surface area contributed by atoms with Crippen LogP contribution in [0.25, 0.3) is 17.3 Å². The second-order valence-corrected chi connectivity index (χ2v) is 7.70. The maximum absolute atomic E-state index is 13.4. The van der Waals surface area contributed by atoms with Crippen molar-refractivity contribution in [3.8, 4) is 11.3 Å². The zero-order chi connectivity index (χ0) is 19.8. The molecule has 2 aliphatic heterocycles. The summed E-state index contributed by atoms with van der Waals surface area (Å²) in [4.78, 5) is 18.8. The van der Waals surface area contributed by atoms with Crippen molar-refractivity contribution in [3.63, 3.8) is 0 Å². The van der Waals surface area contributed by atoms with Crippen LogP contribution in [0.3, 0.4) is 0 Å². The molecule has 0 aliphatic carbocycles. The van der Waals surface area contributed by atoms with Gasteiger partial charge in [-0.05, 0) is 41.3 Å². The van der Waals surface area contributed by atoms with Gasteiger partial charge in [-0.2, -0.15) is 0 Å². The Morgan fingerprint density at radius 3 is 2.79 bits per heavy atom. The third-order valence-electron chi connectivity index (χ3n) is 5.95. The molecular weight excluding hydrogens is 363 g/mol. The number of fused-ring (bicyclic) bond motifs is 2. The monoisotopic (exact) mass is 384 g/mol. The summed E-state index contributed by atoms with van der Waals surface area (Å²) in [5.74, 6) is 0.179. The Morgan fingerprint density at radius 2 is 1.97 bits per heavy atom. The Labute approximate surface area is 169 Å². The fourth-order valence-corrected chi connectivity index (χ4v) is 4.50. The van der Waals surface area contributed by atoms with Gasteiger partial charge in [0.05, 0.1) is 5.69 Å². The lowest BCUT2D eigenvalue weighted by Crippen LogP contribution is -2.40. The van der Waals surface area contributed by atoms with Crippen molar-refractivity contribution in [2.45, 2.75) is 31.3 Å². The van der Waals surface area contributed by atoms with Gasteiger partial charge in [0.2, 0.25) is 5.91 Å². The van der Waals surface area contributed by atoms with Crippen LogP contribution in [-0.4, -0.2) is 21.8 Å². The van der Waals surface area contributed by atoms with Gasteiger partial charge >= 0.3 is 0 Å². The molecule has 144 valence electrons. The summed E-state index contributed by atoms with van der Waals surface area (Å²) in [5, 5.41) is 0. The number of pyridine rings is 1. The van der Waals surface area contributed by atoms with Crippen molar-refractivity contribution >= 4 is 12.0 Å². The summed E-state index contributed by atoms with van der Waals surface area (Å²) in [6.45, 7) is 0.716. The Hall–Kier alpha value is -3.27. The predicted molar refractivity (Wildman–Crippen MR) is 111 cm³/mol. The number of amides is 1. The van der Waals surface area contributed by atoms with E-state index in [1.54, 1.807) is 6.07 Å². The Kier molecular flexibility index (Phi) is 4.47. The van der Waals surface area contributed by atoms with E-state index < -0.39 is 0 Å². The largest absolute Gasteiger partial charge is 0.334 e. The lowest BCUT2D eigenvalue weighted by molar-refractivity contribution is -0.130. The fraction of sp³-hybridized carbons (Fsp3) is 0.200. The SMILES string of the molecule is O=C1CC[C@@H]2C(C=Cc3ccc(-c4cccc(F)c4)nc3)c3ccccc3CN12. The van der Waals surface area contributed by atoms with Gasteiger partial charge in [0.25, 0.3) is 0 Å². The topological polar surface area (TPSA) is 33.2 Å². The second kappa shape index (κ2) is 7.28. The molecule has 2 aliphatic rings. The number of aromatic nitrogens is 1. The average Bonchev–Trinajstić information content (AvgIpc) is 3.12. The first-order chi connectivity index (χ1) is 14.2. The molecule has 0 radical (unpaired) electrons. The highest BCUT2D eigenvalue weighted by Gasteiger charge is 2.40. The summed E-state index contributed by atoms with van der Waals surface area (Å²) >= 11 is 0. The summed E-state index contributed by atoms with van der Waals surface area (Å²) in [7, 11) is 0. The molecule has 3 heterocycles. The standard InChI is InChI=1S/C25H21FN2O/c26-20-6-3-5-18(14-20)23-11-9-17(15-27-23)8-10-22-21-7-2-1-4-19(21)16-28-24(22)12-13-25(28)29/h1-11,14-15,22,24H,12-13,16H2/t22?,24-/m1/s1. The number of hydrogen-bond donors (Lipinski definition) is 0. The van der Waals surface area contributed by atoms with Crippen LogP contribution in [0.2, 0.25) is 0 Å². The molecule has 1 unspecified atom stereocenters. The lowest BCUT2D eigenvalue weighted by Gasteiger charge is -2.37. The number of carbonyl (C=O) groups is 1. The molecule has 3 aromatic rings. The van der Waals surface area contributed by atoms with Crippen molar-refractivity contribution in [1.82, 2.24) is 9.88 Å². The normalized spacial score (nSPS) is 20.7. The molecule has 4 heteroatoms. The van der Waals surface area contributed by atoms with Crippen LogP contribution in [0, 0.1) is 5.82 Å². The van der Waals surface area contributed by atoms with Gasteiger partial charge in [-0.25, -0.2) is 4.39 Å². The van der Waals surface area contributed by atoms with Crippen LogP contribution in [0.15, 0.2) is 72.9 Å². The van der Waals surface area contributed by atoms with Crippen LogP contribution in [0.5, 0.6) is 0 Å². The van der Waals surface area contributed by atoms with E-state index in [4.69, 9.17) is 0 Å². The first-order valence-electron chi connectivity index (χ1n) is 9.96. The van der Waals surface area contributed by atoms with E-state index in [0.717, 1.165) is 23.2 Å². The van der Waals surface area contributed by atoms with Crippen LogP contribution in [0.1, 0.15) is 35.4 Å². The summed E-state index contributed by atoms with van der Waals surface area (Å²) in [6, 6.07) is 19.0. The molecule has 29 heavy (non-hydrogen) atoms.